The summed E-state index contributed by atoms with van der Waals surface area (Å²) in [6.45, 7) is 9.43. The van der Waals surface area contributed by atoms with Crippen molar-refractivity contribution in [3.63, 3.8) is 0 Å². The van der Waals surface area contributed by atoms with E-state index in [0.717, 1.165) is 31.0 Å². The monoisotopic (exact) mass is 249 g/mol. The largest absolute Gasteiger partial charge is 0.493 e. The number of hydrogen-bond donors (Lipinski definition) is 1. The molecule has 3 heteroatoms. The second-order valence-corrected chi connectivity index (χ2v) is 4.24. The molecule has 0 amide bonds. The van der Waals surface area contributed by atoms with Crippen LogP contribution in [0.15, 0.2) is 30.9 Å². The first kappa shape index (κ1) is 14.6. The summed E-state index contributed by atoms with van der Waals surface area (Å²) in [5, 5.41) is 3.26. The van der Waals surface area contributed by atoms with Crippen LogP contribution in [0.25, 0.3) is 0 Å². The van der Waals surface area contributed by atoms with Gasteiger partial charge in [0.1, 0.15) is 0 Å². The molecule has 0 aliphatic carbocycles. The molecule has 1 N–H and O–H groups in total. The number of hydrogen-bond acceptors (Lipinski definition) is 3. The highest BCUT2D eigenvalue weighted by Gasteiger charge is 2.08. The van der Waals surface area contributed by atoms with Crippen LogP contribution in [-0.2, 0) is 6.54 Å². The maximum absolute atomic E-state index is 5.80. The van der Waals surface area contributed by atoms with E-state index in [4.69, 9.17) is 9.47 Å². The summed E-state index contributed by atoms with van der Waals surface area (Å²) < 4.78 is 11.2. The molecule has 100 valence electrons. The molecule has 1 unspecified atom stereocenters. The summed E-state index contributed by atoms with van der Waals surface area (Å²) in [7, 11) is 1.67. The van der Waals surface area contributed by atoms with Crippen molar-refractivity contribution < 1.29 is 9.47 Å². The van der Waals surface area contributed by atoms with Gasteiger partial charge in [0.2, 0.25) is 0 Å². The Morgan fingerprint density at radius 2 is 2.17 bits per heavy atom. The van der Waals surface area contributed by atoms with E-state index in [1.54, 1.807) is 7.11 Å². The van der Waals surface area contributed by atoms with E-state index < -0.39 is 0 Å². The van der Waals surface area contributed by atoms with Crippen molar-refractivity contribution in [2.45, 2.75) is 32.9 Å². The molecule has 0 saturated carbocycles. The zero-order valence-corrected chi connectivity index (χ0v) is 11.5. The Labute approximate surface area is 110 Å². The van der Waals surface area contributed by atoms with Crippen LogP contribution >= 0.6 is 0 Å². The smallest absolute Gasteiger partial charge is 0.161 e. The third-order valence-electron chi connectivity index (χ3n) is 2.75. The van der Waals surface area contributed by atoms with Gasteiger partial charge in [0.25, 0.3) is 0 Å². The van der Waals surface area contributed by atoms with Crippen LogP contribution in [0.2, 0.25) is 0 Å². The van der Waals surface area contributed by atoms with Crippen LogP contribution in [0.5, 0.6) is 11.5 Å². The second kappa shape index (κ2) is 7.77. The Morgan fingerprint density at radius 1 is 1.39 bits per heavy atom. The second-order valence-electron chi connectivity index (χ2n) is 4.24. The first-order valence-corrected chi connectivity index (χ1v) is 6.36. The maximum Gasteiger partial charge on any atom is 0.161 e. The lowest BCUT2D eigenvalue weighted by Gasteiger charge is -2.16. The first-order valence-electron chi connectivity index (χ1n) is 6.36. The van der Waals surface area contributed by atoms with Gasteiger partial charge >= 0.3 is 0 Å². The zero-order chi connectivity index (χ0) is 13.4. The molecule has 0 heterocycles. The van der Waals surface area contributed by atoms with E-state index in [0.29, 0.717) is 0 Å². The molecule has 0 bridgehead atoms. The molecule has 18 heavy (non-hydrogen) atoms. The fourth-order valence-electron chi connectivity index (χ4n) is 1.54. The summed E-state index contributed by atoms with van der Waals surface area (Å²) in [5.41, 5.74) is 1.17. The van der Waals surface area contributed by atoms with Crippen molar-refractivity contribution in [2.24, 2.45) is 0 Å². The lowest BCUT2D eigenvalue weighted by atomic mass is 10.2. The maximum atomic E-state index is 5.80. The molecule has 0 saturated heterocycles. The van der Waals surface area contributed by atoms with Crippen LogP contribution in [0, 0.1) is 0 Å². The fourth-order valence-corrected chi connectivity index (χ4v) is 1.54. The molecule has 0 spiro atoms. The van der Waals surface area contributed by atoms with E-state index in [1.165, 1.54) is 5.56 Å². The topological polar surface area (TPSA) is 30.5 Å². The van der Waals surface area contributed by atoms with E-state index >= 15 is 0 Å². The summed E-state index contributed by atoms with van der Waals surface area (Å²) in [6, 6.07) is 6.03. The molecule has 0 aliphatic rings. The number of benzene rings is 1. The lowest BCUT2D eigenvalue weighted by Crippen LogP contribution is -2.13. The lowest BCUT2D eigenvalue weighted by molar-refractivity contribution is 0.207. The van der Waals surface area contributed by atoms with Crippen molar-refractivity contribution in [3.05, 3.63) is 36.4 Å². The fraction of sp³-hybridized carbons (Fsp3) is 0.467. The van der Waals surface area contributed by atoms with Crippen molar-refractivity contribution in [1.82, 2.24) is 5.32 Å². The Kier molecular flexibility index (Phi) is 6.29. The highest BCUT2D eigenvalue weighted by molar-refractivity contribution is 5.43. The Morgan fingerprint density at radius 3 is 2.78 bits per heavy atom. The number of ether oxygens (including phenoxy) is 2. The molecule has 1 aromatic carbocycles. The molecule has 0 aromatic heterocycles. The van der Waals surface area contributed by atoms with Gasteiger partial charge in [-0.15, -0.1) is 6.58 Å². The highest BCUT2D eigenvalue weighted by Crippen LogP contribution is 2.29. The predicted molar refractivity (Wildman–Crippen MR) is 75.3 cm³/mol. The third kappa shape index (κ3) is 4.41. The van der Waals surface area contributed by atoms with Crippen molar-refractivity contribution in [2.75, 3.05) is 13.7 Å². The summed E-state index contributed by atoms with van der Waals surface area (Å²) in [4.78, 5) is 0. The molecule has 0 aliphatic heterocycles. The summed E-state index contributed by atoms with van der Waals surface area (Å²) in [5.74, 6) is 1.59. The zero-order valence-electron chi connectivity index (χ0n) is 11.5. The van der Waals surface area contributed by atoms with Crippen molar-refractivity contribution in [3.8, 4) is 11.5 Å². The van der Waals surface area contributed by atoms with E-state index in [-0.39, 0.29) is 6.10 Å². The first-order chi connectivity index (χ1) is 8.71. The minimum atomic E-state index is 0.198. The highest BCUT2D eigenvalue weighted by atomic mass is 16.5. The molecule has 1 aromatic rings. The predicted octanol–water partition coefficient (Wildman–Crippen LogP) is 3.15. The molecule has 0 radical (unpaired) electrons. The van der Waals surface area contributed by atoms with Crippen LogP contribution in [0.4, 0.5) is 0 Å². The number of rotatable bonds is 8. The molecule has 1 rings (SSSR count). The Balaban J connectivity index is 2.72. The van der Waals surface area contributed by atoms with E-state index in [9.17, 15) is 0 Å². The van der Waals surface area contributed by atoms with Gasteiger partial charge in [-0.25, -0.2) is 0 Å². The third-order valence-corrected chi connectivity index (χ3v) is 2.75. The van der Waals surface area contributed by atoms with Gasteiger partial charge in [0.15, 0.2) is 11.5 Å². The van der Waals surface area contributed by atoms with Crippen molar-refractivity contribution >= 4 is 0 Å². The average Bonchev–Trinajstić information content (AvgIpc) is 2.40. The Hall–Kier alpha value is -1.48. The van der Waals surface area contributed by atoms with Gasteiger partial charge in [0, 0.05) is 13.1 Å². The molecule has 0 fully saturated rings. The minimum Gasteiger partial charge on any atom is -0.493 e. The van der Waals surface area contributed by atoms with E-state index in [1.807, 2.05) is 18.2 Å². The van der Waals surface area contributed by atoms with Gasteiger partial charge in [-0.2, -0.15) is 0 Å². The standard InChI is InChI=1S/C15H23NO2/c1-5-9-16-11-13-7-8-14(15(10-13)17-4)18-12(3)6-2/h5,7-8,10,12,16H,1,6,9,11H2,2-4H3. The minimum absolute atomic E-state index is 0.198. The van der Waals surface area contributed by atoms with Gasteiger partial charge in [0.05, 0.1) is 13.2 Å². The van der Waals surface area contributed by atoms with Gasteiger partial charge in [-0.3, -0.25) is 0 Å². The normalized spacial score (nSPS) is 11.9. The quantitative estimate of drug-likeness (QED) is 0.567. The molecular formula is C15H23NO2. The van der Waals surface area contributed by atoms with Gasteiger partial charge < -0.3 is 14.8 Å². The van der Waals surface area contributed by atoms with Crippen LogP contribution in [0.3, 0.4) is 0 Å². The van der Waals surface area contributed by atoms with Crippen LogP contribution < -0.4 is 14.8 Å². The molecule has 1 atom stereocenters. The Bertz CT molecular complexity index is 377. The van der Waals surface area contributed by atoms with Gasteiger partial charge in [-0.05, 0) is 31.0 Å². The van der Waals surface area contributed by atoms with Gasteiger partial charge in [-0.1, -0.05) is 19.1 Å². The SMILES string of the molecule is C=CCNCc1ccc(OC(C)CC)c(OC)c1. The number of nitrogens with one attached hydrogen (secondary N) is 1. The van der Waals surface area contributed by atoms with Crippen LogP contribution in [0.1, 0.15) is 25.8 Å². The number of methoxy groups -OCH3 is 1. The van der Waals surface area contributed by atoms with Crippen LogP contribution in [-0.4, -0.2) is 19.8 Å². The van der Waals surface area contributed by atoms with E-state index in [2.05, 4.69) is 31.8 Å². The average molecular weight is 249 g/mol. The van der Waals surface area contributed by atoms with Crippen molar-refractivity contribution in [1.29, 1.82) is 0 Å². The summed E-state index contributed by atoms with van der Waals surface area (Å²) >= 11 is 0. The molecule has 3 nitrogen and oxygen atoms in total. The molecular weight excluding hydrogens is 226 g/mol. The summed E-state index contributed by atoms with van der Waals surface area (Å²) in [6.07, 6.45) is 3.02.